The molecule has 0 aliphatic carbocycles. The van der Waals surface area contributed by atoms with Crippen LogP contribution in [0.5, 0.6) is 0 Å². The van der Waals surface area contributed by atoms with Crippen molar-refractivity contribution >= 4 is 23.9 Å². The van der Waals surface area contributed by atoms with E-state index in [0.717, 1.165) is 41.3 Å². The normalized spacial score (nSPS) is 16.6. The van der Waals surface area contributed by atoms with E-state index in [0.29, 0.717) is 32.3 Å². The van der Waals surface area contributed by atoms with E-state index in [1.54, 1.807) is 11.1 Å². The first-order chi connectivity index (χ1) is 14.8. The first kappa shape index (κ1) is 21.2. The van der Waals surface area contributed by atoms with Crippen molar-refractivity contribution in [1.29, 1.82) is 0 Å². The van der Waals surface area contributed by atoms with E-state index in [1.165, 1.54) is 13.8 Å². The molecular formula is C22H28N6O3. The molecule has 2 N–H and O–H groups in total. The number of aromatic nitrogens is 2. The molecule has 1 aromatic heterocycles. The maximum absolute atomic E-state index is 12.6. The molecule has 0 radical (unpaired) electrons. The highest BCUT2D eigenvalue weighted by Gasteiger charge is 2.36. The molecule has 4 rings (SSSR count). The summed E-state index contributed by atoms with van der Waals surface area (Å²) in [5.41, 5.74) is 5.30. The number of hydrazone groups is 1. The maximum atomic E-state index is 12.6. The van der Waals surface area contributed by atoms with Crippen LogP contribution in [0, 0.1) is 6.92 Å². The molecule has 2 aromatic rings. The van der Waals surface area contributed by atoms with Crippen LogP contribution >= 0.6 is 0 Å². The molecule has 9 nitrogen and oxygen atoms in total. The number of nitrogens with one attached hydrogen (secondary N) is 1. The molecule has 0 spiro atoms. The van der Waals surface area contributed by atoms with Crippen molar-refractivity contribution in [1.82, 2.24) is 14.9 Å². The van der Waals surface area contributed by atoms with Crippen LogP contribution in [-0.2, 0) is 22.6 Å². The number of carbonyl (C=O) groups excluding carboxylic acids is 1. The summed E-state index contributed by atoms with van der Waals surface area (Å²) >= 11 is 0. The number of hydrogen-bond donors (Lipinski definition) is 2. The van der Waals surface area contributed by atoms with Gasteiger partial charge in [-0.1, -0.05) is 29.8 Å². The molecule has 2 aliphatic rings. The lowest BCUT2D eigenvalue weighted by atomic mass is 10.1. The number of carbonyl (C=O) groups is 1. The highest BCUT2D eigenvalue weighted by molar-refractivity contribution is 5.85. The lowest BCUT2D eigenvalue weighted by Crippen LogP contribution is -2.42. The molecule has 9 heteroatoms. The Morgan fingerprint density at radius 1 is 1.26 bits per heavy atom. The van der Waals surface area contributed by atoms with Gasteiger partial charge in [0.1, 0.15) is 11.4 Å². The number of amides is 1. The Hall–Kier alpha value is -3.04. The summed E-state index contributed by atoms with van der Waals surface area (Å²) in [7, 11) is 0. The first-order valence-corrected chi connectivity index (χ1v) is 10.4. The highest BCUT2D eigenvalue weighted by atomic mass is 16.5. The summed E-state index contributed by atoms with van der Waals surface area (Å²) in [5, 5.41) is 14.5. The lowest BCUT2D eigenvalue weighted by Gasteiger charge is -2.29. The quantitative estimate of drug-likeness (QED) is 0.556. The van der Waals surface area contributed by atoms with E-state index in [-0.39, 0.29) is 5.91 Å². The Morgan fingerprint density at radius 2 is 2.03 bits per heavy atom. The number of benzene rings is 1. The first-order valence-electron chi connectivity index (χ1n) is 10.4. The fraction of sp³-hybridized carbons (Fsp3) is 0.455. The number of aliphatic hydroxyl groups is 1. The second kappa shape index (κ2) is 8.60. The van der Waals surface area contributed by atoms with E-state index in [9.17, 15) is 9.90 Å². The minimum absolute atomic E-state index is 0.328. The second-order valence-electron chi connectivity index (χ2n) is 8.40. The van der Waals surface area contributed by atoms with Crippen LogP contribution in [-0.4, -0.2) is 64.0 Å². The average Bonchev–Trinajstić information content (AvgIpc) is 3.16. The average molecular weight is 425 g/mol. The lowest BCUT2D eigenvalue weighted by molar-refractivity contribution is -0.148. The molecule has 1 amide bonds. The Kier molecular flexibility index (Phi) is 5.88. The second-order valence-corrected chi connectivity index (χ2v) is 8.40. The maximum Gasteiger partial charge on any atom is 0.254 e. The van der Waals surface area contributed by atoms with Gasteiger partial charge in [-0.15, -0.1) is 0 Å². The molecule has 3 heterocycles. The van der Waals surface area contributed by atoms with Gasteiger partial charge in [-0.3, -0.25) is 4.79 Å². The molecule has 1 aromatic carbocycles. The van der Waals surface area contributed by atoms with Gasteiger partial charge >= 0.3 is 0 Å². The van der Waals surface area contributed by atoms with Crippen LogP contribution in [0.4, 0.5) is 11.8 Å². The Labute approximate surface area is 181 Å². The number of nitrogens with zero attached hydrogens (tertiary/aromatic N) is 5. The summed E-state index contributed by atoms with van der Waals surface area (Å²) in [4.78, 5) is 25.7. The van der Waals surface area contributed by atoms with Crippen LogP contribution in [0.2, 0.25) is 0 Å². The van der Waals surface area contributed by atoms with Gasteiger partial charge in [-0.05, 0) is 26.3 Å². The van der Waals surface area contributed by atoms with E-state index in [1.807, 2.05) is 31.2 Å². The minimum Gasteiger partial charge on any atom is -0.381 e. The topological polar surface area (TPSA) is 103 Å². The Morgan fingerprint density at radius 3 is 2.74 bits per heavy atom. The number of morpholine rings is 1. The molecule has 0 bridgehead atoms. The number of ether oxygens (including phenoxy) is 1. The third kappa shape index (κ3) is 4.83. The van der Waals surface area contributed by atoms with Crippen molar-refractivity contribution in [2.24, 2.45) is 5.10 Å². The van der Waals surface area contributed by atoms with Gasteiger partial charge in [-0.2, -0.15) is 10.1 Å². The van der Waals surface area contributed by atoms with Crippen molar-refractivity contribution in [2.75, 3.05) is 36.6 Å². The number of hydrogen-bond acceptors (Lipinski definition) is 8. The predicted octanol–water partition coefficient (Wildman–Crippen LogP) is 1.68. The molecule has 0 atom stereocenters. The zero-order valence-electron chi connectivity index (χ0n) is 18.1. The number of anilines is 2. The molecule has 1 fully saturated rings. The molecule has 2 aliphatic heterocycles. The predicted molar refractivity (Wildman–Crippen MR) is 118 cm³/mol. The number of rotatable bonds is 5. The van der Waals surface area contributed by atoms with Crippen LogP contribution in [0.15, 0.2) is 29.4 Å². The van der Waals surface area contributed by atoms with Crippen molar-refractivity contribution in [3.05, 3.63) is 46.6 Å². The van der Waals surface area contributed by atoms with Gasteiger partial charge in [-0.25, -0.2) is 10.4 Å². The summed E-state index contributed by atoms with van der Waals surface area (Å²) < 4.78 is 5.48. The van der Waals surface area contributed by atoms with Crippen molar-refractivity contribution in [2.45, 2.75) is 39.5 Å². The Balaban J connectivity index is 1.60. The smallest absolute Gasteiger partial charge is 0.254 e. The highest BCUT2D eigenvalue weighted by Crippen LogP contribution is 2.32. The minimum atomic E-state index is -1.44. The van der Waals surface area contributed by atoms with Crippen LogP contribution < -0.4 is 10.3 Å². The summed E-state index contributed by atoms with van der Waals surface area (Å²) in [6.45, 7) is 8.41. The molecular weight excluding hydrogens is 396 g/mol. The summed E-state index contributed by atoms with van der Waals surface area (Å²) in [6, 6.07) is 8.02. The zero-order chi connectivity index (χ0) is 22.0. The number of aryl methyl sites for hydroxylation is 1. The van der Waals surface area contributed by atoms with E-state index < -0.39 is 5.60 Å². The summed E-state index contributed by atoms with van der Waals surface area (Å²) in [5.74, 6) is 0.833. The Bertz CT molecular complexity index is 995. The zero-order valence-corrected chi connectivity index (χ0v) is 18.1. The molecule has 164 valence electrons. The van der Waals surface area contributed by atoms with Gasteiger partial charge in [0.2, 0.25) is 5.95 Å². The molecule has 0 saturated carbocycles. The SMILES string of the molecule is Cc1cccc(/C=N/Nc2nc3c(c(N4CCOCC4)n2)CN(C(=O)C(C)(C)O)C3)c1. The number of fused-ring (bicyclic) bond motifs is 1. The van der Waals surface area contributed by atoms with Gasteiger partial charge in [0.15, 0.2) is 0 Å². The third-order valence-electron chi connectivity index (χ3n) is 5.30. The third-order valence-corrected chi connectivity index (χ3v) is 5.30. The van der Waals surface area contributed by atoms with Crippen LogP contribution in [0.1, 0.15) is 36.2 Å². The van der Waals surface area contributed by atoms with E-state index in [4.69, 9.17) is 9.72 Å². The van der Waals surface area contributed by atoms with E-state index >= 15 is 0 Å². The fourth-order valence-corrected chi connectivity index (χ4v) is 3.77. The standard InChI is InChI=1S/C22H28N6O3/c1-15-5-4-6-16(11-15)12-23-26-21-24-18-14-28(20(29)22(2,3)30)13-17(18)19(25-21)27-7-9-31-10-8-27/h4-6,11-12,30H,7-10,13-14H2,1-3H3,(H,24,25,26)/b23-12+. The van der Waals surface area contributed by atoms with E-state index in [2.05, 4.69) is 20.4 Å². The molecule has 0 unspecified atom stereocenters. The van der Waals surface area contributed by atoms with Gasteiger partial charge < -0.3 is 19.6 Å². The monoisotopic (exact) mass is 424 g/mol. The molecule has 1 saturated heterocycles. The fourth-order valence-electron chi connectivity index (χ4n) is 3.77. The van der Waals surface area contributed by atoms with Gasteiger partial charge in [0.05, 0.1) is 38.2 Å². The van der Waals surface area contributed by atoms with Crippen molar-refractivity contribution < 1.29 is 14.6 Å². The van der Waals surface area contributed by atoms with Crippen LogP contribution in [0.3, 0.4) is 0 Å². The molecule has 31 heavy (non-hydrogen) atoms. The van der Waals surface area contributed by atoms with Crippen molar-refractivity contribution in [3.63, 3.8) is 0 Å². The summed E-state index contributed by atoms with van der Waals surface area (Å²) in [6.07, 6.45) is 1.72. The largest absolute Gasteiger partial charge is 0.381 e. The van der Waals surface area contributed by atoms with Crippen molar-refractivity contribution in [3.8, 4) is 0 Å². The van der Waals surface area contributed by atoms with Gasteiger partial charge in [0, 0.05) is 18.7 Å². The van der Waals surface area contributed by atoms with Crippen LogP contribution in [0.25, 0.3) is 0 Å². The van der Waals surface area contributed by atoms with Gasteiger partial charge in [0.25, 0.3) is 5.91 Å².